The Morgan fingerprint density at radius 2 is 1.70 bits per heavy atom. The summed E-state index contributed by atoms with van der Waals surface area (Å²) in [5, 5.41) is 0. The van der Waals surface area contributed by atoms with Crippen LogP contribution in [-0.2, 0) is 17.4 Å². The van der Waals surface area contributed by atoms with E-state index < -0.39 is 21.8 Å². The smallest absolute Gasteiger partial charge is 0.126 e. The Kier molecular flexibility index (Phi) is 7.00. The van der Waals surface area contributed by atoms with Crippen LogP contribution in [0.3, 0.4) is 0 Å². The Morgan fingerprint density at radius 1 is 1.00 bits per heavy atom. The minimum Gasteiger partial charge on any atom is -0.497 e. The third-order valence-electron chi connectivity index (χ3n) is 4.78. The lowest BCUT2D eigenvalue weighted by Gasteiger charge is -2.25. The zero-order valence-corrected chi connectivity index (χ0v) is 18.9. The van der Waals surface area contributed by atoms with E-state index in [4.69, 9.17) is 13.9 Å². The number of furan rings is 1. The number of ether oxygens (including phenoxy) is 2. The first-order valence-electron chi connectivity index (χ1n) is 9.83. The zero-order valence-electron chi connectivity index (χ0n) is 18.1. The van der Waals surface area contributed by atoms with Gasteiger partial charge in [0.15, 0.2) is 0 Å². The van der Waals surface area contributed by atoms with E-state index in [1.54, 1.807) is 20.5 Å². The first-order valence-corrected chi connectivity index (χ1v) is 11.0. The highest BCUT2D eigenvalue weighted by molar-refractivity contribution is 7.84. The van der Waals surface area contributed by atoms with E-state index in [9.17, 15) is 4.21 Å². The molecule has 2 aromatic carbocycles. The lowest BCUT2D eigenvalue weighted by atomic mass is 9.97. The van der Waals surface area contributed by atoms with E-state index in [2.05, 4.69) is 22.9 Å². The lowest BCUT2D eigenvalue weighted by Crippen LogP contribution is -2.36. The molecule has 0 fully saturated rings. The molecule has 0 saturated heterocycles. The fourth-order valence-electron chi connectivity index (χ4n) is 3.11. The molecule has 30 heavy (non-hydrogen) atoms. The molecular weight excluding hydrogens is 398 g/mol. The second-order valence-electron chi connectivity index (χ2n) is 8.05. The summed E-state index contributed by atoms with van der Waals surface area (Å²) in [6, 6.07) is 17.4. The quantitative estimate of drug-likeness (QED) is 0.548. The first-order chi connectivity index (χ1) is 14.3. The summed E-state index contributed by atoms with van der Waals surface area (Å²) in [5.41, 5.74) is 3.18. The van der Waals surface area contributed by atoms with Gasteiger partial charge in [-0.25, -0.2) is 8.93 Å². The van der Waals surface area contributed by atoms with Gasteiger partial charge in [0, 0.05) is 5.56 Å². The highest BCUT2D eigenvalue weighted by Crippen LogP contribution is 2.33. The SMILES string of the molecule is COc1ccc(Cc2ccc(OC)c([C@H](N[S@@](=O)C(C)(C)C)c3ccco3)c2)cc1. The number of hydrogen-bond acceptors (Lipinski definition) is 4. The first kappa shape index (κ1) is 22.1. The molecule has 1 heterocycles. The van der Waals surface area contributed by atoms with Crippen molar-refractivity contribution in [2.45, 2.75) is 38.0 Å². The van der Waals surface area contributed by atoms with E-state index in [0.29, 0.717) is 11.5 Å². The van der Waals surface area contributed by atoms with Crippen LogP contribution in [0.5, 0.6) is 11.5 Å². The molecule has 0 bridgehead atoms. The van der Waals surface area contributed by atoms with E-state index in [1.807, 2.05) is 57.2 Å². The van der Waals surface area contributed by atoms with E-state index >= 15 is 0 Å². The average molecular weight is 428 g/mol. The average Bonchev–Trinajstić information content (AvgIpc) is 3.26. The van der Waals surface area contributed by atoms with Crippen LogP contribution in [0.15, 0.2) is 65.3 Å². The standard InChI is InChI=1S/C24H29NO4S/c1-24(2,3)30(26)25-23(22-7-6-14-29-22)20-16-18(10-13-21(20)28-5)15-17-8-11-19(27-4)12-9-17/h6-14,16,23,25H,15H2,1-5H3/t23-,30-/m0/s1. The van der Waals surface area contributed by atoms with Gasteiger partial charge in [0.05, 0.1) is 36.2 Å². The molecule has 0 radical (unpaired) electrons. The van der Waals surface area contributed by atoms with Crippen LogP contribution in [0.1, 0.15) is 49.3 Å². The van der Waals surface area contributed by atoms with Crippen molar-refractivity contribution >= 4 is 11.0 Å². The van der Waals surface area contributed by atoms with Crippen LogP contribution < -0.4 is 14.2 Å². The third kappa shape index (κ3) is 5.32. The maximum absolute atomic E-state index is 12.9. The van der Waals surface area contributed by atoms with Gasteiger partial charge in [0.25, 0.3) is 0 Å². The van der Waals surface area contributed by atoms with E-state index in [1.165, 1.54) is 5.56 Å². The Balaban J connectivity index is 1.97. The summed E-state index contributed by atoms with van der Waals surface area (Å²) in [7, 11) is 2.01. The summed E-state index contributed by atoms with van der Waals surface area (Å²) >= 11 is 0. The molecule has 0 spiro atoms. The number of nitrogens with one attached hydrogen (secondary N) is 1. The van der Waals surface area contributed by atoms with Crippen LogP contribution >= 0.6 is 0 Å². The van der Waals surface area contributed by atoms with Gasteiger partial charge in [-0.3, -0.25) is 0 Å². The van der Waals surface area contributed by atoms with Crippen molar-refractivity contribution in [1.29, 1.82) is 0 Å². The Hall–Kier alpha value is -2.57. The molecule has 0 aliphatic carbocycles. The van der Waals surface area contributed by atoms with Gasteiger partial charge in [0.2, 0.25) is 0 Å². The maximum Gasteiger partial charge on any atom is 0.126 e. The molecule has 160 valence electrons. The topological polar surface area (TPSA) is 60.7 Å². The molecule has 0 aliphatic rings. The predicted molar refractivity (Wildman–Crippen MR) is 120 cm³/mol. The van der Waals surface area contributed by atoms with E-state index in [0.717, 1.165) is 23.3 Å². The number of hydrogen-bond donors (Lipinski definition) is 1. The van der Waals surface area contributed by atoms with E-state index in [-0.39, 0.29) is 0 Å². The van der Waals surface area contributed by atoms with Crippen molar-refractivity contribution < 1.29 is 18.1 Å². The minimum atomic E-state index is -1.29. The molecule has 2 atom stereocenters. The largest absolute Gasteiger partial charge is 0.497 e. The molecule has 0 amide bonds. The van der Waals surface area contributed by atoms with Crippen LogP contribution in [-0.4, -0.2) is 23.2 Å². The summed E-state index contributed by atoms with van der Waals surface area (Å²) in [4.78, 5) is 0. The van der Waals surface area contributed by atoms with Crippen LogP contribution in [0, 0.1) is 0 Å². The Morgan fingerprint density at radius 3 is 2.27 bits per heavy atom. The molecule has 5 nitrogen and oxygen atoms in total. The maximum atomic E-state index is 12.9. The van der Waals surface area contributed by atoms with Crippen molar-refractivity contribution in [3.05, 3.63) is 83.3 Å². The second kappa shape index (κ2) is 9.49. The lowest BCUT2D eigenvalue weighted by molar-refractivity contribution is 0.400. The number of benzene rings is 2. The monoisotopic (exact) mass is 427 g/mol. The third-order valence-corrected chi connectivity index (χ3v) is 6.34. The predicted octanol–water partition coefficient (Wildman–Crippen LogP) is 5.03. The highest BCUT2D eigenvalue weighted by Gasteiger charge is 2.28. The molecule has 1 N–H and O–H groups in total. The normalized spacial score (nSPS) is 13.6. The van der Waals surface area contributed by atoms with Crippen molar-refractivity contribution in [2.75, 3.05) is 14.2 Å². The van der Waals surface area contributed by atoms with Crippen molar-refractivity contribution in [3.63, 3.8) is 0 Å². The molecule has 3 aromatic rings. The van der Waals surface area contributed by atoms with Gasteiger partial charge < -0.3 is 13.9 Å². The Bertz CT molecular complexity index is 975. The molecule has 0 unspecified atom stereocenters. The fourth-order valence-corrected chi connectivity index (χ4v) is 3.92. The summed E-state index contributed by atoms with van der Waals surface area (Å²) < 4.78 is 32.3. The van der Waals surface area contributed by atoms with Crippen molar-refractivity contribution in [3.8, 4) is 11.5 Å². The minimum absolute atomic E-state index is 0.397. The van der Waals surface area contributed by atoms with Gasteiger partial charge in [0.1, 0.15) is 23.3 Å². The highest BCUT2D eigenvalue weighted by atomic mass is 32.2. The number of methoxy groups -OCH3 is 2. The summed E-state index contributed by atoms with van der Waals surface area (Å²) in [5.74, 6) is 2.24. The summed E-state index contributed by atoms with van der Waals surface area (Å²) in [6.07, 6.45) is 2.38. The second-order valence-corrected chi connectivity index (χ2v) is 10.0. The number of rotatable bonds is 8. The molecular formula is C24H29NO4S. The Labute approximate surface area is 181 Å². The van der Waals surface area contributed by atoms with Gasteiger partial charge in [-0.05, 0) is 74.7 Å². The van der Waals surface area contributed by atoms with Crippen LogP contribution in [0.2, 0.25) is 0 Å². The molecule has 1 aromatic heterocycles. The molecule has 0 aliphatic heterocycles. The van der Waals surface area contributed by atoms with Crippen molar-refractivity contribution in [2.24, 2.45) is 0 Å². The zero-order chi connectivity index (χ0) is 21.7. The fraction of sp³-hybridized carbons (Fsp3) is 0.333. The van der Waals surface area contributed by atoms with Gasteiger partial charge in [-0.1, -0.05) is 18.2 Å². The molecule has 6 heteroatoms. The molecule has 0 saturated carbocycles. The summed E-state index contributed by atoms with van der Waals surface area (Å²) in [6.45, 7) is 5.81. The van der Waals surface area contributed by atoms with Crippen LogP contribution in [0.4, 0.5) is 0 Å². The van der Waals surface area contributed by atoms with Gasteiger partial charge in [-0.15, -0.1) is 0 Å². The van der Waals surface area contributed by atoms with Gasteiger partial charge in [-0.2, -0.15) is 0 Å². The van der Waals surface area contributed by atoms with Crippen LogP contribution in [0.25, 0.3) is 0 Å². The van der Waals surface area contributed by atoms with Gasteiger partial charge >= 0.3 is 0 Å². The molecule has 3 rings (SSSR count). The van der Waals surface area contributed by atoms with Crippen molar-refractivity contribution in [1.82, 2.24) is 4.72 Å².